The van der Waals surface area contributed by atoms with Crippen LogP contribution in [0.15, 0.2) is 47.0 Å². The summed E-state index contributed by atoms with van der Waals surface area (Å²) >= 11 is 0. The van der Waals surface area contributed by atoms with Gasteiger partial charge >= 0.3 is 6.03 Å². The molecule has 2 aliphatic heterocycles. The molecular formula is C22H24FN5O2. The second kappa shape index (κ2) is 7.36. The first-order valence-electron chi connectivity index (χ1n) is 10.2. The van der Waals surface area contributed by atoms with E-state index in [4.69, 9.17) is 4.42 Å². The van der Waals surface area contributed by atoms with E-state index in [1.807, 2.05) is 23.1 Å². The summed E-state index contributed by atoms with van der Waals surface area (Å²) in [5.74, 6) is 0.928. The third kappa shape index (κ3) is 3.31. The summed E-state index contributed by atoms with van der Waals surface area (Å²) in [6, 6.07) is 10.1. The lowest BCUT2D eigenvalue weighted by atomic mass is 9.89. The molecule has 2 amide bonds. The first-order chi connectivity index (χ1) is 14.5. The van der Waals surface area contributed by atoms with Crippen LogP contribution >= 0.6 is 0 Å². The average Bonchev–Trinajstić information content (AvgIpc) is 3.38. The summed E-state index contributed by atoms with van der Waals surface area (Å²) in [4.78, 5) is 27.3. The highest BCUT2D eigenvalue weighted by Gasteiger charge is 2.49. The summed E-state index contributed by atoms with van der Waals surface area (Å²) in [6.45, 7) is 2.91. The monoisotopic (exact) mass is 409 g/mol. The lowest BCUT2D eigenvalue weighted by Gasteiger charge is -2.31. The molecule has 0 saturated carbocycles. The Kier molecular flexibility index (Phi) is 4.66. The van der Waals surface area contributed by atoms with Gasteiger partial charge in [0.2, 0.25) is 5.89 Å². The van der Waals surface area contributed by atoms with E-state index in [2.05, 4.69) is 14.9 Å². The van der Waals surface area contributed by atoms with Crippen LogP contribution in [-0.4, -0.2) is 64.4 Å². The predicted molar refractivity (Wildman–Crippen MR) is 109 cm³/mol. The number of hydrogen-bond donors (Lipinski definition) is 0. The fourth-order valence-corrected chi connectivity index (χ4v) is 4.91. The van der Waals surface area contributed by atoms with Gasteiger partial charge in [0.05, 0.1) is 12.6 Å². The molecule has 2 fully saturated rings. The number of nitrogens with zero attached hydrogens (tertiary/aromatic N) is 5. The molecule has 0 spiro atoms. The van der Waals surface area contributed by atoms with Crippen LogP contribution in [0.3, 0.4) is 0 Å². The molecule has 0 N–H and O–H groups in total. The summed E-state index contributed by atoms with van der Waals surface area (Å²) in [7, 11) is 3.51. The predicted octanol–water partition coefficient (Wildman–Crippen LogP) is 3.15. The normalized spacial score (nSPS) is 23.8. The fourth-order valence-electron chi connectivity index (χ4n) is 4.91. The number of benzene rings is 1. The Morgan fingerprint density at radius 1 is 1.23 bits per heavy atom. The van der Waals surface area contributed by atoms with Gasteiger partial charge in [-0.25, -0.2) is 14.2 Å². The third-order valence-corrected chi connectivity index (χ3v) is 6.13. The number of halogens is 1. The Balaban J connectivity index is 1.39. The molecule has 4 heterocycles. The van der Waals surface area contributed by atoms with Gasteiger partial charge in [0.25, 0.3) is 0 Å². The number of carbonyl (C=O) groups is 1. The van der Waals surface area contributed by atoms with E-state index in [0.717, 1.165) is 18.7 Å². The van der Waals surface area contributed by atoms with E-state index >= 15 is 0 Å². The molecule has 2 aromatic heterocycles. The number of amides is 2. The minimum absolute atomic E-state index is 0.0322. The van der Waals surface area contributed by atoms with Gasteiger partial charge in [0, 0.05) is 45.8 Å². The molecule has 0 radical (unpaired) electrons. The Hall–Kier alpha value is -3.00. The first-order valence-corrected chi connectivity index (χ1v) is 10.2. The highest BCUT2D eigenvalue weighted by atomic mass is 19.1. The van der Waals surface area contributed by atoms with Crippen LogP contribution in [0.25, 0.3) is 11.2 Å². The number of aromatic nitrogens is 2. The fraction of sp³-hybridized carbons (Fsp3) is 0.409. The largest absolute Gasteiger partial charge is 0.438 e. The topological polar surface area (TPSA) is 65.7 Å². The van der Waals surface area contributed by atoms with Crippen molar-refractivity contribution < 1.29 is 13.6 Å². The van der Waals surface area contributed by atoms with Crippen LogP contribution in [-0.2, 0) is 6.54 Å². The Labute approximate surface area is 174 Å². The molecule has 2 saturated heterocycles. The van der Waals surface area contributed by atoms with E-state index in [1.54, 1.807) is 37.3 Å². The zero-order valence-electron chi connectivity index (χ0n) is 17.0. The van der Waals surface area contributed by atoms with Crippen molar-refractivity contribution in [2.45, 2.75) is 12.6 Å². The van der Waals surface area contributed by atoms with Gasteiger partial charge in [-0.3, -0.25) is 4.90 Å². The van der Waals surface area contributed by atoms with Crippen molar-refractivity contribution in [1.29, 1.82) is 0 Å². The maximum Gasteiger partial charge on any atom is 0.320 e. The standard InChI is InChI=1S/C22H24FN5O2/c1-26(2)22(29)28-11-15-10-27(13-19-25-21-18(30-19)7-4-8-24-21)12-17(15)20(28)14-5-3-6-16(23)9-14/h3-9,15,17,20H,10-13H2,1-2H3/t15-,17-,20+/m1/s1. The van der Waals surface area contributed by atoms with Gasteiger partial charge in [-0.1, -0.05) is 12.1 Å². The van der Waals surface area contributed by atoms with Gasteiger partial charge in [-0.15, -0.1) is 0 Å². The smallest absolute Gasteiger partial charge is 0.320 e. The van der Waals surface area contributed by atoms with Crippen molar-refractivity contribution in [3.63, 3.8) is 0 Å². The number of likely N-dealkylation sites (tertiary alicyclic amines) is 2. The van der Waals surface area contributed by atoms with E-state index in [-0.39, 0.29) is 23.8 Å². The van der Waals surface area contributed by atoms with Crippen LogP contribution in [0.1, 0.15) is 17.5 Å². The number of fused-ring (bicyclic) bond motifs is 2. The number of rotatable bonds is 3. The lowest BCUT2D eigenvalue weighted by molar-refractivity contribution is 0.150. The van der Waals surface area contributed by atoms with Crippen LogP contribution in [0.4, 0.5) is 9.18 Å². The van der Waals surface area contributed by atoms with E-state index in [1.165, 1.54) is 6.07 Å². The van der Waals surface area contributed by atoms with Crippen molar-refractivity contribution in [1.82, 2.24) is 24.7 Å². The third-order valence-electron chi connectivity index (χ3n) is 6.13. The molecule has 5 rings (SSSR count). The summed E-state index contributed by atoms with van der Waals surface area (Å²) < 4.78 is 19.8. The van der Waals surface area contributed by atoms with Crippen LogP contribution in [0, 0.1) is 17.7 Å². The van der Waals surface area contributed by atoms with E-state index in [0.29, 0.717) is 36.1 Å². The molecule has 156 valence electrons. The van der Waals surface area contributed by atoms with Crippen molar-refractivity contribution in [3.8, 4) is 0 Å². The quantitative estimate of drug-likeness (QED) is 0.665. The van der Waals surface area contributed by atoms with Crippen molar-refractivity contribution in [2.75, 3.05) is 33.7 Å². The molecule has 2 aliphatic rings. The van der Waals surface area contributed by atoms with Crippen LogP contribution in [0.2, 0.25) is 0 Å². The van der Waals surface area contributed by atoms with Gasteiger partial charge in [-0.2, -0.15) is 4.98 Å². The van der Waals surface area contributed by atoms with E-state index < -0.39 is 0 Å². The highest BCUT2D eigenvalue weighted by Crippen LogP contribution is 2.45. The molecule has 8 heteroatoms. The SMILES string of the molecule is CN(C)C(=O)N1C[C@H]2CN(Cc3nc4ncccc4o3)C[C@H]2[C@@H]1c1cccc(F)c1. The zero-order valence-corrected chi connectivity index (χ0v) is 17.0. The summed E-state index contributed by atoms with van der Waals surface area (Å²) in [5, 5.41) is 0. The molecule has 3 aromatic rings. The van der Waals surface area contributed by atoms with Gasteiger partial charge < -0.3 is 14.2 Å². The number of hydrogen-bond acceptors (Lipinski definition) is 5. The second-order valence-electron chi connectivity index (χ2n) is 8.38. The van der Waals surface area contributed by atoms with Crippen molar-refractivity contribution in [2.24, 2.45) is 11.8 Å². The highest BCUT2D eigenvalue weighted by molar-refractivity contribution is 5.75. The average molecular weight is 409 g/mol. The van der Waals surface area contributed by atoms with Gasteiger partial charge in [-0.05, 0) is 35.7 Å². The molecular weight excluding hydrogens is 385 g/mol. The van der Waals surface area contributed by atoms with Gasteiger partial charge in [0.1, 0.15) is 5.82 Å². The Morgan fingerprint density at radius 3 is 2.87 bits per heavy atom. The zero-order chi connectivity index (χ0) is 20.8. The maximum absolute atomic E-state index is 14.0. The Morgan fingerprint density at radius 2 is 2.10 bits per heavy atom. The van der Waals surface area contributed by atoms with Crippen molar-refractivity contribution >= 4 is 17.3 Å². The molecule has 1 aromatic carbocycles. The molecule has 30 heavy (non-hydrogen) atoms. The van der Waals surface area contributed by atoms with Crippen molar-refractivity contribution in [3.05, 3.63) is 59.9 Å². The molecule has 0 unspecified atom stereocenters. The van der Waals surface area contributed by atoms with E-state index in [9.17, 15) is 9.18 Å². The maximum atomic E-state index is 14.0. The number of urea groups is 1. The molecule has 3 atom stereocenters. The summed E-state index contributed by atoms with van der Waals surface area (Å²) in [6.07, 6.45) is 1.70. The first kappa shape index (κ1) is 19.0. The summed E-state index contributed by atoms with van der Waals surface area (Å²) in [5.41, 5.74) is 2.16. The second-order valence-corrected chi connectivity index (χ2v) is 8.38. The van der Waals surface area contributed by atoms with Crippen LogP contribution in [0.5, 0.6) is 0 Å². The number of carbonyl (C=O) groups excluding carboxylic acids is 1. The molecule has 0 aliphatic carbocycles. The minimum atomic E-state index is -0.276. The molecule has 7 nitrogen and oxygen atoms in total. The lowest BCUT2D eigenvalue weighted by Crippen LogP contribution is -2.41. The minimum Gasteiger partial charge on any atom is -0.438 e. The molecule has 0 bridgehead atoms. The Bertz CT molecular complexity index is 1050. The number of pyridine rings is 1. The van der Waals surface area contributed by atoms with Crippen LogP contribution < -0.4 is 0 Å². The van der Waals surface area contributed by atoms with Gasteiger partial charge in [0.15, 0.2) is 11.2 Å². The number of oxazole rings is 1.